The van der Waals surface area contributed by atoms with Crippen LogP contribution in [0.1, 0.15) is 11.1 Å². The van der Waals surface area contributed by atoms with Crippen molar-refractivity contribution in [3.05, 3.63) is 84.1 Å². The molecule has 0 aliphatic rings. The maximum absolute atomic E-state index is 13.2. The number of furan rings is 1. The summed E-state index contributed by atoms with van der Waals surface area (Å²) >= 11 is 1.31. The van der Waals surface area contributed by atoms with E-state index in [4.69, 9.17) is 18.6 Å². The minimum atomic E-state index is -4.41. The molecule has 11 heteroatoms. The summed E-state index contributed by atoms with van der Waals surface area (Å²) in [7, 11) is 3.10. The third-order valence-electron chi connectivity index (χ3n) is 6.10. The molecule has 0 aliphatic heterocycles. The quantitative estimate of drug-likeness (QED) is 0.205. The van der Waals surface area contributed by atoms with E-state index in [0.717, 1.165) is 23.1 Å². The van der Waals surface area contributed by atoms with Gasteiger partial charge in [0.2, 0.25) is 4.96 Å². The second-order valence-electron chi connectivity index (χ2n) is 8.64. The highest BCUT2D eigenvalue weighted by Gasteiger charge is 2.30. The molecular weight excluding hydrogens is 531 g/mol. The Morgan fingerprint density at radius 1 is 0.949 bits per heavy atom. The first kappa shape index (κ1) is 24.8. The molecule has 39 heavy (non-hydrogen) atoms. The Hall–Kier alpha value is -4.51. The summed E-state index contributed by atoms with van der Waals surface area (Å²) in [6.45, 7) is 0.180. The molecule has 6 aromatic rings. The fourth-order valence-corrected chi connectivity index (χ4v) is 4.91. The molecule has 0 unspecified atom stereocenters. The smallest absolute Gasteiger partial charge is 0.416 e. The number of rotatable bonds is 7. The lowest BCUT2D eigenvalue weighted by molar-refractivity contribution is -0.137. The lowest BCUT2D eigenvalue weighted by Crippen LogP contribution is -2.04. The van der Waals surface area contributed by atoms with Crippen LogP contribution in [0.5, 0.6) is 16.7 Å². The predicted octanol–water partition coefficient (Wildman–Crippen LogP) is 7.49. The van der Waals surface area contributed by atoms with Crippen molar-refractivity contribution >= 4 is 27.3 Å². The summed E-state index contributed by atoms with van der Waals surface area (Å²) in [5, 5.41) is 5.52. The largest absolute Gasteiger partial charge is 0.496 e. The number of hydrogen-bond donors (Lipinski definition) is 0. The van der Waals surface area contributed by atoms with E-state index in [1.807, 2.05) is 18.2 Å². The molecule has 0 spiro atoms. The zero-order chi connectivity index (χ0) is 27.1. The number of benzene rings is 3. The zero-order valence-corrected chi connectivity index (χ0v) is 21.5. The molecule has 3 aromatic carbocycles. The summed E-state index contributed by atoms with van der Waals surface area (Å²) in [5.74, 6) is 1.62. The molecule has 0 aliphatic carbocycles. The Morgan fingerprint density at radius 2 is 1.74 bits per heavy atom. The van der Waals surface area contributed by atoms with Crippen LogP contribution in [0, 0.1) is 0 Å². The first-order valence-corrected chi connectivity index (χ1v) is 12.5. The molecule has 0 atom stereocenters. The van der Waals surface area contributed by atoms with Crippen molar-refractivity contribution in [1.29, 1.82) is 0 Å². The molecule has 198 valence electrons. The fraction of sp³-hybridized carbons (Fsp3) is 0.143. The van der Waals surface area contributed by atoms with Gasteiger partial charge in [0, 0.05) is 12.1 Å². The van der Waals surface area contributed by atoms with Gasteiger partial charge in [-0.05, 0) is 52.3 Å². The number of nitrogens with zero attached hydrogens (tertiary/aromatic N) is 3. The van der Waals surface area contributed by atoms with Gasteiger partial charge in [-0.25, -0.2) is 9.50 Å². The number of imidazole rings is 1. The van der Waals surface area contributed by atoms with E-state index in [-0.39, 0.29) is 6.61 Å². The van der Waals surface area contributed by atoms with Crippen molar-refractivity contribution in [3.8, 4) is 39.3 Å². The van der Waals surface area contributed by atoms with Gasteiger partial charge in [0.15, 0.2) is 5.76 Å². The van der Waals surface area contributed by atoms with E-state index in [0.29, 0.717) is 49.8 Å². The van der Waals surface area contributed by atoms with Crippen LogP contribution in [0.25, 0.3) is 38.5 Å². The third kappa shape index (κ3) is 4.88. The molecule has 7 nitrogen and oxygen atoms in total. The van der Waals surface area contributed by atoms with E-state index in [2.05, 4.69) is 10.1 Å². The molecular formula is C28H20F3N3O4S. The summed E-state index contributed by atoms with van der Waals surface area (Å²) in [6.07, 6.45) is -2.66. The van der Waals surface area contributed by atoms with Crippen molar-refractivity contribution in [2.45, 2.75) is 12.8 Å². The lowest BCUT2D eigenvalue weighted by Gasteiger charge is -2.11. The van der Waals surface area contributed by atoms with Crippen molar-refractivity contribution in [2.75, 3.05) is 14.2 Å². The average molecular weight is 552 g/mol. The van der Waals surface area contributed by atoms with Crippen LogP contribution in [0.3, 0.4) is 0 Å². The Morgan fingerprint density at radius 3 is 2.49 bits per heavy atom. The van der Waals surface area contributed by atoms with Gasteiger partial charge in [0.05, 0.1) is 31.4 Å². The Labute approximate surface area is 224 Å². The van der Waals surface area contributed by atoms with Crippen LogP contribution in [0.15, 0.2) is 77.3 Å². The van der Waals surface area contributed by atoms with Crippen LogP contribution in [-0.4, -0.2) is 28.8 Å². The third-order valence-corrected chi connectivity index (χ3v) is 6.99. The molecule has 0 fully saturated rings. The minimum Gasteiger partial charge on any atom is -0.496 e. The molecule has 0 amide bonds. The van der Waals surface area contributed by atoms with Crippen molar-refractivity contribution in [1.82, 2.24) is 14.6 Å². The average Bonchev–Trinajstić information content (AvgIpc) is 3.64. The molecule has 0 N–H and O–H groups in total. The fourth-order valence-electron chi connectivity index (χ4n) is 4.21. The highest BCUT2D eigenvalue weighted by molar-refractivity contribution is 7.18. The van der Waals surface area contributed by atoms with Gasteiger partial charge < -0.3 is 18.6 Å². The number of halogens is 3. The van der Waals surface area contributed by atoms with Crippen LogP contribution in [0.4, 0.5) is 13.2 Å². The zero-order valence-electron chi connectivity index (χ0n) is 20.7. The lowest BCUT2D eigenvalue weighted by atomic mass is 10.0. The van der Waals surface area contributed by atoms with Crippen LogP contribution < -0.4 is 14.2 Å². The maximum atomic E-state index is 13.2. The van der Waals surface area contributed by atoms with E-state index >= 15 is 0 Å². The van der Waals surface area contributed by atoms with Gasteiger partial charge in [0.25, 0.3) is 5.19 Å². The minimum absolute atomic E-state index is 0.180. The Kier molecular flexibility index (Phi) is 6.15. The molecule has 0 radical (unpaired) electrons. The number of alkyl halides is 3. The summed E-state index contributed by atoms with van der Waals surface area (Å²) in [5.41, 5.74) is 2.39. The molecule has 0 saturated heterocycles. The predicted molar refractivity (Wildman–Crippen MR) is 140 cm³/mol. The second-order valence-corrected chi connectivity index (χ2v) is 9.56. The maximum Gasteiger partial charge on any atom is 0.416 e. The van der Waals surface area contributed by atoms with E-state index < -0.39 is 11.7 Å². The van der Waals surface area contributed by atoms with Crippen LogP contribution >= 0.6 is 11.3 Å². The molecule has 0 saturated carbocycles. The highest BCUT2D eigenvalue weighted by Crippen LogP contribution is 2.38. The standard InChI is InChI=1S/C28H20F3N3O4S/c1-35-20-11-23(21-13-25(38-24(21)12-20)22-14-34-26(32-22)39-27(33-34)36-2)37-15-16-5-3-6-17(9-16)18-7-4-8-19(10-18)28(29,30)31/h3-14H,15H2,1-2H3. The Balaban J connectivity index is 1.29. The topological polar surface area (TPSA) is 71.0 Å². The Bertz CT molecular complexity index is 1770. The van der Waals surface area contributed by atoms with Gasteiger partial charge >= 0.3 is 6.18 Å². The summed E-state index contributed by atoms with van der Waals surface area (Å²) in [4.78, 5) is 5.24. The number of aromatic nitrogens is 3. The molecule has 3 heterocycles. The van der Waals surface area contributed by atoms with Crippen molar-refractivity contribution < 1.29 is 31.8 Å². The number of ether oxygens (including phenoxy) is 3. The van der Waals surface area contributed by atoms with E-state index in [1.165, 1.54) is 17.4 Å². The number of methoxy groups -OCH3 is 2. The van der Waals surface area contributed by atoms with Crippen LogP contribution in [-0.2, 0) is 12.8 Å². The van der Waals surface area contributed by atoms with Crippen LogP contribution in [0.2, 0.25) is 0 Å². The van der Waals surface area contributed by atoms with Gasteiger partial charge in [-0.15, -0.1) is 5.10 Å². The first-order chi connectivity index (χ1) is 18.8. The normalized spacial score (nSPS) is 11.8. The van der Waals surface area contributed by atoms with Gasteiger partial charge in [-0.3, -0.25) is 0 Å². The second kappa shape index (κ2) is 9.66. The monoisotopic (exact) mass is 551 g/mol. The van der Waals surface area contributed by atoms with Crippen molar-refractivity contribution in [2.24, 2.45) is 0 Å². The van der Waals surface area contributed by atoms with Gasteiger partial charge in [-0.2, -0.15) is 13.2 Å². The molecule has 6 rings (SSSR count). The van der Waals surface area contributed by atoms with E-state index in [1.54, 1.807) is 55.3 Å². The first-order valence-electron chi connectivity index (χ1n) is 11.7. The summed E-state index contributed by atoms with van der Waals surface area (Å²) < 4.78 is 64.0. The summed E-state index contributed by atoms with van der Waals surface area (Å²) in [6, 6.07) is 17.9. The SMILES string of the molecule is COc1cc(OCc2cccc(-c3cccc(C(F)(F)F)c3)c2)c2cc(-c3cn4nc(OC)sc4n3)oc2c1. The number of hydrogen-bond acceptors (Lipinski definition) is 7. The molecule has 0 bridgehead atoms. The highest BCUT2D eigenvalue weighted by atomic mass is 32.1. The van der Waals surface area contributed by atoms with E-state index in [9.17, 15) is 13.2 Å². The van der Waals surface area contributed by atoms with Gasteiger partial charge in [-0.1, -0.05) is 30.3 Å². The molecule has 3 aromatic heterocycles. The van der Waals surface area contributed by atoms with Crippen molar-refractivity contribution in [3.63, 3.8) is 0 Å². The number of fused-ring (bicyclic) bond motifs is 2. The van der Waals surface area contributed by atoms with Gasteiger partial charge in [0.1, 0.15) is 29.4 Å².